The van der Waals surface area contributed by atoms with Gasteiger partial charge in [-0.15, -0.1) is 11.3 Å². The third-order valence-electron chi connectivity index (χ3n) is 5.66. The van der Waals surface area contributed by atoms with Gasteiger partial charge in [0.1, 0.15) is 17.0 Å². The third kappa shape index (κ3) is 3.72. The first-order chi connectivity index (χ1) is 15.3. The Bertz CT molecular complexity index is 1200. The van der Waals surface area contributed by atoms with Crippen LogP contribution in [0.2, 0.25) is 0 Å². The summed E-state index contributed by atoms with van der Waals surface area (Å²) in [5, 5.41) is 3.65. The number of anilines is 2. The predicted molar refractivity (Wildman–Crippen MR) is 114 cm³/mol. The number of nitrogens with zero attached hydrogens (tertiary/aromatic N) is 6. The van der Waals surface area contributed by atoms with E-state index in [1.807, 2.05) is 15.9 Å². The number of thiophene rings is 1. The molecule has 2 aliphatic rings. The lowest BCUT2D eigenvalue weighted by Gasteiger charge is -2.32. The second-order valence-corrected chi connectivity index (χ2v) is 8.84. The molecule has 0 radical (unpaired) electrons. The van der Waals surface area contributed by atoms with Crippen LogP contribution in [0.4, 0.5) is 24.9 Å². The topological polar surface area (TPSA) is 87.1 Å². The van der Waals surface area contributed by atoms with Crippen molar-refractivity contribution in [1.29, 1.82) is 0 Å². The molecule has 5 heterocycles. The van der Waals surface area contributed by atoms with Gasteiger partial charge < -0.3 is 15.1 Å². The normalized spacial score (nSPS) is 16.9. The van der Waals surface area contributed by atoms with Crippen LogP contribution in [-0.2, 0) is 30.4 Å². The van der Waals surface area contributed by atoms with Gasteiger partial charge in [0.15, 0.2) is 5.69 Å². The number of hydrogen-bond donors (Lipinski definition) is 1. The average molecular weight is 463 g/mol. The fourth-order valence-corrected chi connectivity index (χ4v) is 5.05. The number of amides is 1. The molecule has 168 valence electrons. The van der Waals surface area contributed by atoms with Crippen molar-refractivity contribution in [3.8, 4) is 0 Å². The summed E-state index contributed by atoms with van der Waals surface area (Å²) in [6, 6.07) is 2.04. The van der Waals surface area contributed by atoms with Crippen LogP contribution in [0, 0.1) is 0 Å². The number of nitrogens with one attached hydrogen (secondary N) is 1. The molecule has 0 unspecified atom stereocenters. The molecule has 2 aliphatic heterocycles. The maximum absolute atomic E-state index is 13.4. The average Bonchev–Trinajstić information content (AvgIpc) is 3.20. The van der Waals surface area contributed by atoms with Gasteiger partial charge in [0.25, 0.3) is 0 Å². The summed E-state index contributed by atoms with van der Waals surface area (Å²) in [4.78, 5) is 34.7. The van der Waals surface area contributed by atoms with Gasteiger partial charge in [0, 0.05) is 30.1 Å². The first kappa shape index (κ1) is 20.9. The van der Waals surface area contributed by atoms with Crippen LogP contribution >= 0.6 is 11.3 Å². The van der Waals surface area contributed by atoms with E-state index in [4.69, 9.17) is 9.97 Å². The molecular formula is C20H20F3N7OS. The second-order valence-electron chi connectivity index (χ2n) is 7.72. The maximum Gasteiger partial charge on any atom is 0.433 e. The van der Waals surface area contributed by atoms with E-state index in [-0.39, 0.29) is 31.0 Å². The van der Waals surface area contributed by atoms with Crippen LogP contribution in [0.5, 0.6) is 0 Å². The van der Waals surface area contributed by atoms with Crippen molar-refractivity contribution < 1.29 is 18.0 Å². The molecule has 0 atom stereocenters. The molecule has 3 aromatic rings. The number of halogens is 3. The van der Waals surface area contributed by atoms with Crippen molar-refractivity contribution in [3.63, 3.8) is 0 Å². The first-order valence-electron chi connectivity index (χ1n) is 10.3. The lowest BCUT2D eigenvalue weighted by molar-refractivity contribution is -0.142. The molecule has 0 saturated carbocycles. The van der Waals surface area contributed by atoms with Crippen molar-refractivity contribution >= 4 is 39.2 Å². The SMILES string of the molecule is CCc1cc2c(N3CCc4c(ncnc4C(F)(F)F)C3)nc(N3CCNC(=O)C3)nc2s1. The molecule has 0 aliphatic carbocycles. The fraction of sp³-hybridized carbons (Fsp3) is 0.450. The smallest absolute Gasteiger partial charge is 0.353 e. The minimum Gasteiger partial charge on any atom is -0.353 e. The van der Waals surface area contributed by atoms with Crippen molar-refractivity contribution in [1.82, 2.24) is 25.3 Å². The maximum atomic E-state index is 13.4. The summed E-state index contributed by atoms with van der Waals surface area (Å²) < 4.78 is 40.1. The monoisotopic (exact) mass is 463 g/mol. The Morgan fingerprint density at radius 2 is 2.00 bits per heavy atom. The number of hydrogen-bond acceptors (Lipinski definition) is 8. The highest BCUT2D eigenvalue weighted by Gasteiger charge is 2.38. The van der Waals surface area contributed by atoms with Crippen LogP contribution in [-0.4, -0.2) is 52.0 Å². The van der Waals surface area contributed by atoms with E-state index in [0.717, 1.165) is 27.8 Å². The van der Waals surface area contributed by atoms with Gasteiger partial charge in [0.05, 0.1) is 24.2 Å². The van der Waals surface area contributed by atoms with Crippen LogP contribution < -0.4 is 15.1 Å². The summed E-state index contributed by atoms with van der Waals surface area (Å²) in [6.07, 6.45) is -2.53. The Labute approximate surface area is 185 Å². The van der Waals surface area contributed by atoms with Crippen LogP contribution in [0.15, 0.2) is 12.4 Å². The second kappa shape index (κ2) is 7.84. The van der Waals surface area contributed by atoms with Gasteiger partial charge in [-0.25, -0.2) is 15.0 Å². The summed E-state index contributed by atoms with van der Waals surface area (Å²) in [7, 11) is 0. The lowest BCUT2D eigenvalue weighted by Crippen LogP contribution is -2.48. The summed E-state index contributed by atoms with van der Waals surface area (Å²) in [5.74, 6) is 1.02. The van der Waals surface area contributed by atoms with Crippen molar-refractivity contribution in [2.75, 3.05) is 36.0 Å². The zero-order valence-corrected chi connectivity index (χ0v) is 18.1. The summed E-state index contributed by atoms with van der Waals surface area (Å²) in [5.41, 5.74) is -0.358. The molecule has 3 aromatic heterocycles. The van der Waals surface area contributed by atoms with Gasteiger partial charge in [0.2, 0.25) is 11.9 Å². The van der Waals surface area contributed by atoms with E-state index in [2.05, 4.69) is 22.2 Å². The first-order valence-corrected chi connectivity index (χ1v) is 11.1. The van der Waals surface area contributed by atoms with E-state index in [1.165, 1.54) is 0 Å². The molecule has 8 nitrogen and oxygen atoms in total. The Morgan fingerprint density at radius 1 is 1.16 bits per heavy atom. The van der Waals surface area contributed by atoms with Gasteiger partial charge in [-0.1, -0.05) is 6.92 Å². The fourth-order valence-electron chi connectivity index (χ4n) is 4.09. The third-order valence-corrected chi connectivity index (χ3v) is 6.83. The van der Waals surface area contributed by atoms with Crippen molar-refractivity contribution in [2.45, 2.75) is 32.5 Å². The standard InChI is InChI=1S/C20H20F3N7OS/c1-2-11-7-13-17(27-19(28-18(13)32-11)30-6-4-24-15(31)9-30)29-5-3-12-14(8-29)25-10-26-16(12)20(21,22)23/h7,10H,2-6,8-9H2,1H3,(H,24,31). The van der Waals surface area contributed by atoms with E-state index in [0.29, 0.717) is 37.1 Å². The van der Waals surface area contributed by atoms with Gasteiger partial charge in [-0.2, -0.15) is 18.2 Å². The molecular weight excluding hydrogens is 443 g/mol. The number of rotatable bonds is 3. The Hall–Kier alpha value is -3.02. The van der Waals surface area contributed by atoms with Crippen LogP contribution in [0.25, 0.3) is 10.2 Å². The Kier molecular flexibility index (Phi) is 5.11. The number of carbonyl (C=O) groups excluding carboxylic acids is 1. The highest BCUT2D eigenvalue weighted by atomic mass is 32.1. The van der Waals surface area contributed by atoms with Crippen molar-refractivity contribution in [3.05, 3.63) is 34.2 Å². The number of fused-ring (bicyclic) bond motifs is 2. The number of carbonyl (C=O) groups is 1. The Balaban J connectivity index is 1.56. The zero-order chi connectivity index (χ0) is 22.5. The molecule has 1 saturated heterocycles. The molecule has 1 amide bonds. The number of aryl methyl sites for hydroxylation is 1. The lowest BCUT2D eigenvalue weighted by atomic mass is 10.0. The molecule has 1 fully saturated rings. The van der Waals surface area contributed by atoms with E-state index < -0.39 is 11.9 Å². The molecule has 0 spiro atoms. The Morgan fingerprint density at radius 3 is 2.75 bits per heavy atom. The van der Waals surface area contributed by atoms with E-state index in [1.54, 1.807) is 11.3 Å². The molecule has 12 heteroatoms. The molecule has 32 heavy (non-hydrogen) atoms. The number of aromatic nitrogens is 4. The highest BCUT2D eigenvalue weighted by Crippen LogP contribution is 2.37. The quantitative estimate of drug-likeness (QED) is 0.639. The van der Waals surface area contributed by atoms with E-state index >= 15 is 0 Å². The van der Waals surface area contributed by atoms with Gasteiger partial charge in [-0.05, 0) is 18.9 Å². The molecule has 0 aromatic carbocycles. The largest absolute Gasteiger partial charge is 0.433 e. The highest BCUT2D eigenvalue weighted by molar-refractivity contribution is 7.18. The zero-order valence-electron chi connectivity index (χ0n) is 17.2. The van der Waals surface area contributed by atoms with Gasteiger partial charge in [-0.3, -0.25) is 4.79 Å². The predicted octanol–water partition coefficient (Wildman–Crippen LogP) is 2.56. The minimum atomic E-state index is -4.51. The molecule has 1 N–H and O–H groups in total. The van der Waals surface area contributed by atoms with Gasteiger partial charge >= 0.3 is 6.18 Å². The summed E-state index contributed by atoms with van der Waals surface area (Å²) >= 11 is 1.57. The molecule has 0 bridgehead atoms. The van der Waals surface area contributed by atoms with Crippen LogP contribution in [0.1, 0.15) is 28.8 Å². The molecule has 5 rings (SSSR count). The van der Waals surface area contributed by atoms with Crippen LogP contribution in [0.3, 0.4) is 0 Å². The van der Waals surface area contributed by atoms with E-state index in [9.17, 15) is 18.0 Å². The number of alkyl halides is 3. The number of piperazine rings is 1. The van der Waals surface area contributed by atoms with Crippen molar-refractivity contribution in [2.24, 2.45) is 0 Å². The summed E-state index contributed by atoms with van der Waals surface area (Å²) in [6.45, 7) is 3.88. The minimum absolute atomic E-state index is 0.0924.